The molecule has 0 aromatic heterocycles. The third-order valence-corrected chi connectivity index (χ3v) is 2.97. The quantitative estimate of drug-likeness (QED) is 0.532. The zero-order chi connectivity index (χ0) is 16.8. The maximum absolute atomic E-state index is 12.1. The molecule has 7 heteroatoms. The number of ketones is 1. The van der Waals surface area contributed by atoms with Crippen LogP contribution in [0.25, 0.3) is 0 Å². The first-order chi connectivity index (χ1) is 9.48. The van der Waals surface area contributed by atoms with Crippen LogP contribution in [0.2, 0.25) is 0 Å². The van der Waals surface area contributed by atoms with Crippen molar-refractivity contribution in [2.75, 3.05) is 0 Å². The largest absolute Gasteiger partial charge is 0.465 e. The summed E-state index contributed by atoms with van der Waals surface area (Å²) < 4.78 is 0. The molecule has 0 rings (SSSR count). The maximum atomic E-state index is 12.1. The van der Waals surface area contributed by atoms with Gasteiger partial charge in [-0.3, -0.25) is 9.59 Å². The summed E-state index contributed by atoms with van der Waals surface area (Å²) in [5.41, 5.74) is -1.55. The van der Waals surface area contributed by atoms with Gasteiger partial charge in [-0.1, -0.05) is 20.8 Å². The summed E-state index contributed by atoms with van der Waals surface area (Å²) in [5.74, 6) is -0.954. The average Bonchev–Trinajstić information content (AvgIpc) is 2.31. The Morgan fingerprint density at radius 3 is 1.95 bits per heavy atom. The number of Topliss-reactive ketones (excluding diaryl/α,β-unsaturated/α-hetero) is 1. The van der Waals surface area contributed by atoms with Crippen LogP contribution in [0.3, 0.4) is 0 Å². The highest BCUT2D eigenvalue weighted by Crippen LogP contribution is 2.10. The van der Waals surface area contributed by atoms with E-state index in [2.05, 4.69) is 10.6 Å². The van der Waals surface area contributed by atoms with Crippen LogP contribution in [0.4, 0.5) is 4.79 Å². The van der Waals surface area contributed by atoms with Gasteiger partial charge in [-0.15, -0.1) is 0 Å². The number of carboxylic acid groups (broad SMARTS) is 1. The first-order valence-electron chi connectivity index (χ1n) is 7.05. The van der Waals surface area contributed by atoms with Gasteiger partial charge in [-0.05, 0) is 32.6 Å². The fourth-order valence-corrected chi connectivity index (χ4v) is 1.90. The highest BCUT2D eigenvalue weighted by Gasteiger charge is 2.33. The summed E-state index contributed by atoms with van der Waals surface area (Å²) in [7, 11) is 0. The van der Waals surface area contributed by atoms with Gasteiger partial charge < -0.3 is 20.8 Å². The van der Waals surface area contributed by atoms with E-state index in [4.69, 9.17) is 5.11 Å². The van der Waals surface area contributed by atoms with Crippen LogP contribution in [0, 0.1) is 5.92 Å². The molecule has 0 aliphatic carbocycles. The maximum Gasteiger partial charge on any atom is 0.405 e. The Morgan fingerprint density at radius 1 is 1.10 bits per heavy atom. The second kappa shape index (κ2) is 7.97. The fourth-order valence-electron chi connectivity index (χ4n) is 1.90. The van der Waals surface area contributed by atoms with Gasteiger partial charge in [0, 0.05) is 0 Å². The minimum absolute atomic E-state index is 0.109. The van der Waals surface area contributed by atoms with Gasteiger partial charge >= 0.3 is 6.09 Å². The lowest BCUT2D eigenvalue weighted by atomic mass is 9.95. The molecule has 0 saturated heterocycles. The van der Waals surface area contributed by atoms with Crippen molar-refractivity contribution in [3.8, 4) is 0 Å². The lowest BCUT2D eigenvalue weighted by molar-refractivity contribution is -0.139. The van der Waals surface area contributed by atoms with Gasteiger partial charge in [0.2, 0.25) is 5.91 Å². The van der Waals surface area contributed by atoms with E-state index in [1.54, 1.807) is 6.92 Å². The SMILES string of the molecule is CCC(NC(=O)C(CC(C)C)NC(=O)O)C(=O)C(C)(C)O. The molecular formula is C14H26N2O5. The van der Waals surface area contributed by atoms with Crippen molar-refractivity contribution in [1.29, 1.82) is 0 Å². The average molecular weight is 302 g/mol. The molecule has 0 radical (unpaired) electrons. The zero-order valence-corrected chi connectivity index (χ0v) is 13.3. The molecular weight excluding hydrogens is 276 g/mol. The Labute approximate surface area is 125 Å². The minimum atomic E-state index is -1.55. The molecule has 0 aromatic carbocycles. The van der Waals surface area contributed by atoms with Crippen LogP contribution in [0.1, 0.15) is 47.5 Å². The number of hydrogen-bond acceptors (Lipinski definition) is 4. The van der Waals surface area contributed by atoms with Gasteiger partial charge in [-0.25, -0.2) is 4.79 Å². The number of aliphatic hydroxyl groups is 1. The van der Waals surface area contributed by atoms with E-state index < -0.39 is 35.5 Å². The second-order valence-electron chi connectivity index (χ2n) is 6.02. The van der Waals surface area contributed by atoms with E-state index in [1.165, 1.54) is 13.8 Å². The molecule has 0 aliphatic rings. The van der Waals surface area contributed by atoms with E-state index >= 15 is 0 Å². The van der Waals surface area contributed by atoms with Crippen molar-refractivity contribution < 1.29 is 24.6 Å². The first kappa shape index (κ1) is 19.4. The molecule has 0 aliphatic heterocycles. The van der Waals surface area contributed by atoms with Gasteiger partial charge in [0.25, 0.3) is 0 Å². The normalized spacial score (nSPS) is 14.4. The second-order valence-corrected chi connectivity index (χ2v) is 6.02. The summed E-state index contributed by atoms with van der Waals surface area (Å²) >= 11 is 0. The third-order valence-electron chi connectivity index (χ3n) is 2.97. The van der Waals surface area contributed by atoms with Crippen molar-refractivity contribution in [1.82, 2.24) is 10.6 Å². The van der Waals surface area contributed by atoms with Gasteiger partial charge in [-0.2, -0.15) is 0 Å². The van der Waals surface area contributed by atoms with Crippen LogP contribution >= 0.6 is 0 Å². The summed E-state index contributed by atoms with van der Waals surface area (Å²) in [6, 6.07) is -1.77. The molecule has 2 atom stereocenters. The van der Waals surface area contributed by atoms with Crippen molar-refractivity contribution >= 4 is 17.8 Å². The van der Waals surface area contributed by atoms with E-state index in [9.17, 15) is 19.5 Å². The smallest absolute Gasteiger partial charge is 0.405 e. The Morgan fingerprint density at radius 2 is 1.62 bits per heavy atom. The highest BCUT2D eigenvalue weighted by atomic mass is 16.4. The molecule has 2 amide bonds. The van der Waals surface area contributed by atoms with Crippen molar-refractivity contribution in [3.63, 3.8) is 0 Å². The molecule has 7 nitrogen and oxygen atoms in total. The number of hydrogen-bond donors (Lipinski definition) is 4. The first-order valence-corrected chi connectivity index (χ1v) is 7.05. The number of rotatable bonds is 8. The molecule has 0 heterocycles. The predicted octanol–water partition coefficient (Wildman–Crippen LogP) is 0.903. The minimum Gasteiger partial charge on any atom is -0.465 e. The molecule has 0 fully saturated rings. The van der Waals surface area contributed by atoms with Crippen molar-refractivity contribution in [2.24, 2.45) is 5.92 Å². The van der Waals surface area contributed by atoms with E-state index in [0.29, 0.717) is 12.8 Å². The highest BCUT2D eigenvalue weighted by molar-refractivity contribution is 5.95. The lowest BCUT2D eigenvalue weighted by Gasteiger charge is -2.26. The monoisotopic (exact) mass is 302 g/mol. The van der Waals surface area contributed by atoms with Crippen LogP contribution in [0.15, 0.2) is 0 Å². The number of amides is 2. The van der Waals surface area contributed by atoms with Gasteiger partial charge in [0.05, 0.1) is 6.04 Å². The number of carbonyl (C=O) groups excluding carboxylic acids is 2. The Balaban J connectivity index is 4.93. The number of nitrogens with one attached hydrogen (secondary N) is 2. The molecule has 0 saturated carbocycles. The Kier molecular flexibility index (Phi) is 7.35. The van der Waals surface area contributed by atoms with E-state index in [-0.39, 0.29) is 5.92 Å². The van der Waals surface area contributed by atoms with Crippen LogP contribution in [0.5, 0.6) is 0 Å². The van der Waals surface area contributed by atoms with Gasteiger partial charge in [0.1, 0.15) is 11.6 Å². The van der Waals surface area contributed by atoms with Gasteiger partial charge in [0.15, 0.2) is 5.78 Å². The fraction of sp³-hybridized carbons (Fsp3) is 0.786. The summed E-state index contributed by atoms with van der Waals surface area (Å²) in [4.78, 5) is 34.9. The molecule has 0 aromatic rings. The summed E-state index contributed by atoms with van der Waals surface area (Å²) in [6.07, 6.45) is -0.654. The molecule has 122 valence electrons. The molecule has 2 unspecified atom stereocenters. The summed E-state index contributed by atoms with van der Waals surface area (Å²) in [6.45, 7) is 8.14. The zero-order valence-electron chi connectivity index (χ0n) is 13.3. The number of carbonyl (C=O) groups is 3. The lowest BCUT2D eigenvalue weighted by Crippen LogP contribution is -2.54. The van der Waals surface area contributed by atoms with Crippen LogP contribution < -0.4 is 10.6 Å². The molecule has 0 spiro atoms. The van der Waals surface area contributed by atoms with Crippen LogP contribution in [-0.2, 0) is 9.59 Å². The van der Waals surface area contributed by atoms with Crippen LogP contribution in [-0.4, -0.2) is 45.7 Å². The van der Waals surface area contributed by atoms with Crippen molar-refractivity contribution in [3.05, 3.63) is 0 Å². The van der Waals surface area contributed by atoms with E-state index in [1.807, 2.05) is 13.8 Å². The standard InChI is InChI=1S/C14H26N2O5/c1-6-9(11(17)14(4,5)21)15-12(18)10(7-8(2)3)16-13(19)20/h8-10,16,21H,6-7H2,1-5H3,(H,15,18)(H,19,20). The third kappa shape index (κ3) is 7.08. The topological polar surface area (TPSA) is 116 Å². The Bertz CT molecular complexity index is 387. The Hall–Kier alpha value is -1.63. The van der Waals surface area contributed by atoms with Crippen molar-refractivity contribution in [2.45, 2.75) is 65.1 Å². The summed E-state index contributed by atoms with van der Waals surface area (Å²) in [5, 5.41) is 23.2. The van der Waals surface area contributed by atoms with E-state index in [0.717, 1.165) is 0 Å². The molecule has 21 heavy (non-hydrogen) atoms. The molecule has 4 N–H and O–H groups in total. The molecule has 0 bridgehead atoms. The predicted molar refractivity (Wildman–Crippen MR) is 77.9 cm³/mol.